The lowest BCUT2D eigenvalue weighted by atomic mass is 10.1. The normalized spacial score (nSPS) is 11.6. The molecule has 0 unspecified atom stereocenters. The molecule has 0 spiro atoms. The van der Waals surface area contributed by atoms with E-state index in [2.05, 4.69) is 15.3 Å². The van der Waals surface area contributed by atoms with Gasteiger partial charge in [0, 0.05) is 12.2 Å². The third kappa shape index (κ3) is 3.23. The molecular formula is C13H18N4O2. The number of H-pyrrole nitrogens is 1. The van der Waals surface area contributed by atoms with Gasteiger partial charge in [-0.15, -0.1) is 0 Å². The Morgan fingerprint density at radius 1 is 1.47 bits per heavy atom. The molecule has 0 radical (unpaired) electrons. The van der Waals surface area contributed by atoms with Crippen molar-refractivity contribution in [3.05, 3.63) is 24.0 Å². The van der Waals surface area contributed by atoms with Crippen LogP contribution in [0.5, 0.6) is 0 Å². The van der Waals surface area contributed by atoms with Crippen LogP contribution in [0.2, 0.25) is 0 Å². The van der Waals surface area contributed by atoms with E-state index in [9.17, 15) is 4.79 Å². The first-order valence-electron chi connectivity index (χ1n) is 6.05. The van der Waals surface area contributed by atoms with Crippen molar-refractivity contribution in [2.24, 2.45) is 5.73 Å². The zero-order valence-electron chi connectivity index (χ0n) is 11.3. The SMILES string of the molecule is CC(C)(C)OC(=O)Nc1cc(CN)c2nc[nH]c2c1. The van der Waals surface area contributed by atoms with Crippen LogP contribution in [0.1, 0.15) is 26.3 Å². The van der Waals surface area contributed by atoms with E-state index < -0.39 is 11.7 Å². The van der Waals surface area contributed by atoms with Gasteiger partial charge in [-0.1, -0.05) is 0 Å². The highest BCUT2D eigenvalue weighted by Gasteiger charge is 2.16. The number of anilines is 1. The summed E-state index contributed by atoms with van der Waals surface area (Å²) in [6, 6.07) is 3.60. The highest BCUT2D eigenvalue weighted by atomic mass is 16.6. The summed E-state index contributed by atoms with van der Waals surface area (Å²) >= 11 is 0. The molecule has 4 N–H and O–H groups in total. The van der Waals surface area contributed by atoms with Crippen LogP contribution in [0.15, 0.2) is 18.5 Å². The summed E-state index contributed by atoms with van der Waals surface area (Å²) in [5, 5.41) is 2.69. The second kappa shape index (κ2) is 4.89. The second-order valence-electron chi connectivity index (χ2n) is 5.27. The Morgan fingerprint density at radius 2 is 2.21 bits per heavy atom. The summed E-state index contributed by atoms with van der Waals surface area (Å²) in [5.74, 6) is 0. The van der Waals surface area contributed by atoms with Gasteiger partial charge in [0.2, 0.25) is 0 Å². The van der Waals surface area contributed by atoms with Gasteiger partial charge in [0.05, 0.1) is 17.4 Å². The lowest BCUT2D eigenvalue weighted by Crippen LogP contribution is -2.27. The number of nitrogens with two attached hydrogens (primary N) is 1. The van der Waals surface area contributed by atoms with Crippen molar-refractivity contribution in [3.63, 3.8) is 0 Å². The Balaban J connectivity index is 2.23. The minimum atomic E-state index is -0.529. The van der Waals surface area contributed by atoms with E-state index in [1.807, 2.05) is 20.8 Å². The van der Waals surface area contributed by atoms with Crippen LogP contribution in [-0.2, 0) is 11.3 Å². The summed E-state index contributed by atoms with van der Waals surface area (Å²) in [6.07, 6.45) is 1.11. The van der Waals surface area contributed by atoms with Gasteiger partial charge in [-0.2, -0.15) is 0 Å². The first-order valence-corrected chi connectivity index (χ1v) is 6.05. The maximum Gasteiger partial charge on any atom is 0.412 e. The zero-order valence-corrected chi connectivity index (χ0v) is 11.3. The predicted octanol–water partition coefficient (Wildman–Crippen LogP) is 2.37. The van der Waals surface area contributed by atoms with Crippen LogP contribution >= 0.6 is 0 Å². The highest BCUT2D eigenvalue weighted by Crippen LogP contribution is 2.21. The first kappa shape index (κ1) is 13.4. The number of ether oxygens (including phenoxy) is 1. The van der Waals surface area contributed by atoms with Crippen LogP contribution in [-0.4, -0.2) is 21.7 Å². The fourth-order valence-corrected chi connectivity index (χ4v) is 1.77. The molecule has 0 aliphatic carbocycles. The molecule has 2 aromatic rings. The molecule has 0 aliphatic rings. The Morgan fingerprint density at radius 3 is 2.84 bits per heavy atom. The molecule has 6 nitrogen and oxygen atoms in total. The molecule has 0 aliphatic heterocycles. The van der Waals surface area contributed by atoms with Crippen LogP contribution in [0, 0.1) is 0 Å². The maximum absolute atomic E-state index is 11.7. The van der Waals surface area contributed by atoms with Crippen molar-refractivity contribution in [2.45, 2.75) is 32.9 Å². The van der Waals surface area contributed by atoms with Crippen molar-refractivity contribution in [1.29, 1.82) is 0 Å². The topological polar surface area (TPSA) is 93.0 Å². The number of imidazole rings is 1. The third-order valence-corrected chi connectivity index (χ3v) is 2.47. The number of nitrogens with one attached hydrogen (secondary N) is 2. The maximum atomic E-state index is 11.7. The highest BCUT2D eigenvalue weighted by molar-refractivity contribution is 5.90. The van der Waals surface area contributed by atoms with Gasteiger partial charge in [-0.25, -0.2) is 9.78 Å². The molecule has 0 atom stereocenters. The molecule has 2 rings (SSSR count). The standard InChI is InChI=1S/C13H18N4O2/c1-13(2,3)19-12(18)17-9-4-8(6-14)11-10(5-9)15-7-16-11/h4-5,7H,6,14H2,1-3H3,(H,15,16)(H,17,18). The van der Waals surface area contributed by atoms with E-state index >= 15 is 0 Å². The van der Waals surface area contributed by atoms with Gasteiger partial charge in [0.15, 0.2) is 0 Å². The average Bonchev–Trinajstić information content (AvgIpc) is 2.73. The molecule has 1 aromatic carbocycles. The summed E-state index contributed by atoms with van der Waals surface area (Å²) in [5.41, 5.74) is 8.29. The van der Waals surface area contributed by atoms with E-state index in [1.165, 1.54) is 0 Å². The van der Waals surface area contributed by atoms with E-state index in [0.717, 1.165) is 16.6 Å². The molecule has 1 heterocycles. The zero-order chi connectivity index (χ0) is 14.0. The quantitative estimate of drug-likeness (QED) is 0.774. The van der Waals surface area contributed by atoms with Gasteiger partial charge < -0.3 is 15.5 Å². The van der Waals surface area contributed by atoms with Gasteiger partial charge in [-0.05, 0) is 38.5 Å². The number of carbonyl (C=O) groups excluding carboxylic acids is 1. The lowest BCUT2D eigenvalue weighted by Gasteiger charge is -2.19. The van der Waals surface area contributed by atoms with Crippen molar-refractivity contribution in [2.75, 3.05) is 5.32 Å². The van der Waals surface area contributed by atoms with Crippen LogP contribution < -0.4 is 11.1 Å². The predicted molar refractivity (Wildman–Crippen MR) is 73.8 cm³/mol. The number of fused-ring (bicyclic) bond motifs is 1. The minimum absolute atomic E-state index is 0.352. The molecule has 0 saturated heterocycles. The van der Waals surface area contributed by atoms with E-state index in [1.54, 1.807) is 18.5 Å². The molecule has 102 valence electrons. The largest absolute Gasteiger partial charge is 0.444 e. The lowest BCUT2D eigenvalue weighted by molar-refractivity contribution is 0.0636. The van der Waals surface area contributed by atoms with Gasteiger partial charge >= 0.3 is 6.09 Å². The molecule has 6 heteroatoms. The van der Waals surface area contributed by atoms with Crippen LogP contribution in [0.3, 0.4) is 0 Å². The number of hydrogen-bond acceptors (Lipinski definition) is 4. The van der Waals surface area contributed by atoms with Crippen molar-refractivity contribution >= 4 is 22.8 Å². The number of aromatic nitrogens is 2. The van der Waals surface area contributed by atoms with E-state index in [4.69, 9.17) is 10.5 Å². The first-order chi connectivity index (χ1) is 8.89. The number of amides is 1. The van der Waals surface area contributed by atoms with Gasteiger partial charge in [0.25, 0.3) is 0 Å². The molecule has 0 saturated carbocycles. The number of nitrogens with zero attached hydrogens (tertiary/aromatic N) is 1. The minimum Gasteiger partial charge on any atom is -0.444 e. The second-order valence-corrected chi connectivity index (χ2v) is 5.27. The average molecular weight is 262 g/mol. The fraction of sp³-hybridized carbons (Fsp3) is 0.385. The van der Waals surface area contributed by atoms with Gasteiger partial charge in [0.1, 0.15) is 5.60 Å². The molecule has 0 bridgehead atoms. The molecule has 0 fully saturated rings. The summed E-state index contributed by atoms with van der Waals surface area (Å²) in [4.78, 5) is 18.9. The Labute approximate surface area is 111 Å². The number of rotatable bonds is 2. The molecular weight excluding hydrogens is 244 g/mol. The number of aromatic amines is 1. The molecule has 1 aromatic heterocycles. The number of benzene rings is 1. The number of carbonyl (C=O) groups is 1. The Bertz CT molecular complexity index is 598. The van der Waals surface area contributed by atoms with Crippen molar-refractivity contribution in [3.8, 4) is 0 Å². The van der Waals surface area contributed by atoms with E-state index in [-0.39, 0.29) is 0 Å². The summed E-state index contributed by atoms with van der Waals surface area (Å²) < 4.78 is 5.20. The van der Waals surface area contributed by atoms with Crippen LogP contribution in [0.4, 0.5) is 10.5 Å². The van der Waals surface area contributed by atoms with Crippen molar-refractivity contribution < 1.29 is 9.53 Å². The van der Waals surface area contributed by atoms with Gasteiger partial charge in [-0.3, -0.25) is 5.32 Å². The smallest absolute Gasteiger partial charge is 0.412 e. The van der Waals surface area contributed by atoms with E-state index in [0.29, 0.717) is 12.2 Å². The Hall–Kier alpha value is -2.08. The summed E-state index contributed by atoms with van der Waals surface area (Å²) in [7, 11) is 0. The third-order valence-electron chi connectivity index (χ3n) is 2.47. The van der Waals surface area contributed by atoms with Crippen LogP contribution in [0.25, 0.3) is 11.0 Å². The Kier molecular flexibility index (Phi) is 3.44. The summed E-state index contributed by atoms with van der Waals surface area (Å²) in [6.45, 7) is 5.80. The molecule has 1 amide bonds. The monoisotopic (exact) mass is 262 g/mol. The van der Waals surface area contributed by atoms with Crippen molar-refractivity contribution in [1.82, 2.24) is 9.97 Å². The fourth-order valence-electron chi connectivity index (χ4n) is 1.77. The number of hydrogen-bond donors (Lipinski definition) is 3. The molecule has 19 heavy (non-hydrogen) atoms.